The summed E-state index contributed by atoms with van der Waals surface area (Å²) in [4.78, 5) is 36.5. The average Bonchev–Trinajstić information content (AvgIpc) is 3.28. The Balaban J connectivity index is 1.16. The summed E-state index contributed by atoms with van der Waals surface area (Å²) < 4.78 is 16.5. The molecule has 0 radical (unpaired) electrons. The lowest BCUT2D eigenvalue weighted by atomic mass is 9.98. The van der Waals surface area contributed by atoms with E-state index < -0.39 is 30.4 Å². The number of ether oxygens (including phenoxy) is 3. The number of hydrogen-bond donors (Lipinski definition) is 3. The Bertz CT molecular complexity index is 1240. The minimum atomic E-state index is -1.26. The van der Waals surface area contributed by atoms with Crippen molar-refractivity contribution in [2.24, 2.45) is 0 Å². The van der Waals surface area contributed by atoms with Gasteiger partial charge in [-0.1, -0.05) is 78.9 Å². The molecule has 0 saturated carbocycles. The Morgan fingerprint density at radius 2 is 1.43 bits per heavy atom. The summed E-state index contributed by atoms with van der Waals surface area (Å²) in [6.07, 6.45) is -0.887. The van der Waals surface area contributed by atoms with Crippen molar-refractivity contribution in [1.29, 1.82) is 0 Å². The van der Waals surface area contributed by atoms with Crippen molar-refractivity contribution in [3.8, 4) is 11.1 Å². The molecule has 9 heteroatoms. The van der Waals surface area contributed by atoms with Gasteiger partial charge in [-0.05, 0) is 34.2 Å². The fraction of sp³-hybridized carbons (Fsp3) is 0.323. The number of carbonyl (C=O) groups excluding carboxylic acids is 2. The molecule has 1 aliphatic rings. The zero-order chi connectivity index (χ0) is 28.2. The smallest absolute Gasteiger partial charge is 0.407 e. The molecule has 0 saturated heterocycles. The predicted molar refractivity (Wildman–Crippen MR) is 149 cm³/mol. The van der Waals surface area contributed by atoms with E-state index in [2.05, 4.69) is 10.6 Å². The van der Waals surface area contributed by atoms with Crippen LogP contribution in [0.25, 0.3) is 11.1 Å². The third kappa shape index (κ3) is 8.14. The summed E-state index contributed by atoms with van der Waals surface area (Å²) in [6.45, 7) is 2.12. The monoisotopic (exact) mass is 546 g/mol. The molecule has 0 bridgehead atoms. The summed E-state index contributed by atoms with van der Waals surface area (Å²) in [5.41, 5.74) is 5.40. The molecule has 3 aromatic carbocycles. The quantitative estimate of drug-likeness (QED) is 0.245. The number of alkyl carbamates (subject to hydrolysis) is 1. The van der Waals surface area contributed by atoms with E-state index in [1.165, 1.54) is 0 Å². The molecule has 40 heavy (non-hydrogen) atoms. The molecular formula is C31H34N2O7. The molecule has 1 unspecified atom stereocenters. The van der Waals surface area contributed by atoms with Crippen LogP contribution in [0.1, 0.15) is 35.4 Å². The fourth-order valence-corrected chi connectivity index (χ4v) is 4.66. The van der Waals surface area contributed by atoms with Crippen molar-refractivity contribution in [2.45, 2.75) is 31.4 Å². The molecule has 4 rings (SSSR count). The summed E-state index contributed by atoms with van der Waals surface area (Å²) in [5, 5.41) is 14.3. The van der Waals surface area contributed by atoms with Crippen molar-refractivity contribution >= 4 is 18.0 Å². The molecular weight excluding hydrogens is 512 g/mol. The SMILES string of the molecule is O=C(O)CC(NC(=O)OCC1c2ccccc2-c2ccccc21)C(=O)NCCCOCCOCc1ccccc1. The topological polar surface area (TPSA) is 123 Å². The third-order valence-corrected chi connectivity index (χ3v) is 6.58. The first-order valence-corrected chi connectivity index (χ1v) is 13.3. The first-order chi connectivity index (χ1) is 19.5. The standard InChI is InChI=1S/C31H34N2O7/c34-29(35)19-28(30(36)32-15-8-16-38-17-18-39-20-22-9-2-1-3-10-22)33-31(37)40-21-27-25-13-6-4-11-23(25)24-12-5-7-14-26(24)27/h1-7,9-14,27-28H,8,15-21H2,(H,32,36)(H,33,37)(H,34,35). The van der Waals surface area contributed by atoms with Crippen molar-refractivity contribution in [1.82, 2.24) is 10.6 Å². The Labute approximate surface area is 233 Å². The van der Waals surface area contributed by atoms with Crippen LogP contribution in [0.3, 0.4) is 0 Å². The molecule has 0 spiro atoms. The largest absolute Gasteiger partial charge is 0.481 e. The van der Waals surface area contributed by atoms with Gasteiger partial charge in [-0.2, -0.15) is 0 Å². The molecule has 9 nitrogen and oxygen atoms in total. The molecule has 1 aliphatic carbocycles. The number of carboxylic acid groups (broad SMARTS) is 1. The van der Waals surface area contributed by atoms with Gasteiger partial charge in [0.05, 0.1) is 26.2 Å². The van der Waals surface area contributed by atoms with Gasteiger partial charge in [0.2, 0.25) is 5.91 Å². The molecule has 210 valence electrons. The summed E-state index contributed by atoms with van der Waals surface area (Å²) in [5.74, 6) is -1.95. The highest BCUT2D eigenvalue weighted by Crippen LogP contribution is 2.44. The number of carboxylic acids is 1. The minimum absolute atomic E-state index is 0.0632. The van der Waals surface area contributed by atoms with E-state index in [9.17, 15) is 19.5 Å². The number of nitrogens with one attached hydrogen (secondary N) is 2. The zero-order valence-corrected chi connectivity index (χ0v) is 22.2. The number of benzene rings is 3. The maximum atomic E-state index is 12.6. The van der Waals surface area contributed by atoms with E-state index in [0.29, 0.717) is 32.8 Å². The maximum Gasteiger partial charge on any atom is 0.407 e. The van der Waals surface area contributed by atoms with Gasteiger partial charge in [-0.3, -0.25) is 9.59 Å². The van der Waals surface area contributed by atoms with E-state index in [0.717, 1.165) is 27.8 Å². The van der Waals surface area contributed by atoms with Gasteiger partial charge in [-0.25, -0.2) is 4.79 Å². The van der Waals surface area contributed by atoms with Crippen LogP contribution in [0, 0.1) is 0 Å². The Kier molecular flexibility index (Phi) is 10.7. The molecule has 0 aliphatic heterocycles. The van der Waals surface area contributed by atoms with Crippen molar-refractivity contribution in [3.05, 3.63) is 95.6 Å². The number of fused-ring (bicyclic) bond motifs is 3. The predicted octanol–water partition coefficient (Wildman–Crippen LogP) is 4.11. The van der Waals surface area contributed by atoms with Gasteiger partial charge in [0.25, 0.3) is 0 Å². The van der Waals surface area contributed by atoms with Gasteiger partial charge in [0.1, 0.15) is 12.6 Å². The fourth-order valence-electron chi connectivity index (χ4n) is 4.66. The van der Waals surface area contributed by atoms with Crippen molar-refractivity contribution < 1.29 is 33.7 Å². The van der Waals surface area contributed by atoms with E-state index in [4.69, 9.17) is 14.2 Å². The molecule has 0 fully saturated rings. The third-order valence-electron chi connectivity index (χ3n) is 6.58. The van der Waals surface area contributed by atoms with Gasteiger partial charge in [0.15, 0.2) is 0 Å². The molecule has 0 heterocycles. The molecule has 2 amide bonds. The van der Waals surface area contributed by atoms with Crippen LogP contribution in [-0.2, 0) is 30.4 Å². The maximum absolute atomic E-state index is 12.6. The Hall–Kier alpha value is -4.21. The van der Waals surface area contributed by atoms with Crippen LogP contribution in [0.4, 0.5) is 4.79 Å². The summed E-state index contributed by atoms with van der Waals surface area (Å²) in [6, 6.07) is 24.5. The van der Waals surface area contributed by atoms with E-state index >= 15 is 0 Å². The first-order valence-electron chi connectivity index (χ1n) is 13.3. The number of carbonyl (C=O) groups is 3. The van der Waals surface area contributed by atoms with E-state index in [1.807, 2.05) is 78.9 Å². The van der Waals surface area contributed by atoms with Crippen LogP contribution < -0.4 is 10.6 Å². The highest BCUT2D eigenvalue weighted by molar-refractivity contribution is 5.89. The lowest BCUT2D eigenvalue weighted by molar-refractivity contribution is -0.139. The van der Waals surface area contributed by atoms with Gasteiger partial charge in [-0.15, -0.1) is 0 Å². The van der Waals surface area contributed by atoms with Crippen LogP contribution in [-0.4, -0.2) is 62.1 Å². The molecule has 0 aromatic heterocycles. The van der Waals surface area contributed by atoms with Gasteiger partial charge < -0.3 is 30.0 Å². The zero-order valence-electron chi connectivity index (χ0n) is 22.2. The second-order valence-corrected chi connectivity index (χ2v) is 9.42. The van der Waals surface area contributed by atoms with E-state index in [-0.39, 0.29) is 19.1 Å². The van der Waals surface area contributed by atoms with Crippen LogP contribution >= 0.6 is 0 Å². The van der Waals surface area contributed by atoms with Crippen LogP contribution in [0.15, 0.2) is 78.9 Å². The number of hydrogen-bond acceptors (Lipinski definition) is 6. The second-order valence-electron chi connectivity index (χ2n) is 9.42. The lowest BCUT2D eigenvalue weighted by Crippen LogP contribution is -2.48. The lowest BCUT2D eigenvalue weighted by Gasteiger charge is -2.18. The summed E-state index contributed by atoms with van der Waals surface area (Å²) >= 11 is 0. The highest BCUT2D eigenvalue weighted by Gasteiger charge is 2.30. The highest BCUT2D eigenvalue weighted by atomic mass is 16.5. The normalized spacial score (nSPS) is 12.7. The average molecular weight is 547 g/mol. The summed E-state index contributed by atoms with van der Waals surface area (Å²) in [7, 11) is 0. The van der Waals surface area contributed by atoms with Gasteiger partial charge in [0, 0.05) is 19.1 Å². The number of aliphatic carboxylic acids is 1. The Morgan fingerprint density at radius 1 is 0.800 bits per heavy atom. The van der Waals surface area contributed by atoms with Crippen molar-refractivity contribution in [2.75, 3.05) is 33.0 Å². The minimum Gasteiger partial charge on any atom is -0.481 e. The number of rotatable bonds is 15. The second kappa shape index (κ2) is 14.8. The first kappa shape index (κ1) is 28.8. The van der Waals surface area contributed by atoms with Crippen molar-refractivity contribution in [3.63, 3.8) is 0 Å². The molecule has 3 N–H and O–H groups in total. The van der Waals surface area contributed by atoms with Crippen LogP contribution in [0.5, 0.6) is 0 Å². The molecule has 1 atom stereocenters. The number of amides is 2. The van der Waals surface area contributed by atoms with Crippen LogP contribution in [0.2, 0.25) is 0 Å². The van der Waals surface area contributed by atoms with E-state index in [1.54, 1.807) is 0 Å². The molecule has 3 aromatic rings. The van der Waals surface area contributed by atoms with Gasteiger partial charge >= 0.3 is 12.1 Å². The Morgan fingerprint density at radius 3 is 2.10 bits per heavy atom.